The first-order valence-corrected chi connectivity index (χ1v) is 14.3. The fourth-order valence-electron chi connectivity index (χ4n) is 6.40. The van der Waals surface area contributed by atoms with Crippen molar-refractivity contribution in [2.24, 2.45) is 11.8 Å². The fourth-order valence-corrected chi connectivity index (χ4v) is 6.40. The summed E-state index contributed by atoms with van der Waals surface area (Å²) in [7, 11) is 0. The Morgan fingerprint density at radius 3 is 2.81 bits per heavy atom. The van der Waals surface area contributed by atoms with Crippen molar-refractivity contribution in [3.63, 3.8) is 0 Å². The lowest BCUT2D eigenvalue weighted by Crippen LogP contribution is -2.51. The van der Waals surface area contributed by atoms with Crippen molar-refractivity contribution in [2.45, 2.75) is 82.7 Å². The molecule has 3 aliphatic heterocycles. The van der Waals surface area contributed by atoms with Crippen LogP contribution in [0, 0.1) is 11.8 Å². The fraction of sp³-hybridized carbons (Fsp3) is 0.750. The maximum absolute atomic E-state index is 13.0. The summed E-state index contributed by atoms with van der Waals surface area (Å²) in [6.07, 6.45) is 11.7. The van der Waals surface area contributed by atoms with Gasteiger partial charge in [0, 0.05) is 31.9 Å². The van der Waals surface area contributed by atoms with Gasteiger partial charge in [0.05, 0.1) is 6.04 Å². The Hall–Kier alpha value is -2.19. The molecule has 0 aromatic carbocycles. The molecule has 1 aliphatic carbocycles. The minimum absolute atomic E-state index is 0.0921. The van der Waals surface area contributed by atoms with E-state index < -0.39 is 12.0 Å². The highest BCUT2D eigenvalue weighted by molar-refractivity contribution is 5.87. The van der Waals surface area contributed by atoms with Crippen molar-refractivity contribution < 1.29 is 14.7 Å². The van der Waals surface area contributed by atoms with Gasteiger partial charge in [-0.1, -0.05) is 12.5 Å². The third-order valence-electron chi connectivity index (χ3n) is 8.86. The summed E-state index contributed by atoms with van der Waals surface area (Å²) in [5.74, 6) is 1.39. The number of hydrogen-bond donors (Lipinski definition) is 3. The molecule has 0 radical (unpaired) electrons. The summed E-state index contributed by atoms with van der Waals surface area (Å²) < 4.78 is 0. The smallest absolute Gasteiger partial charge is 0.326 e. The lowest BCUT2D eigenvalue weighted by atomic mass is 9.85. The monoisotopic (exact) mass is 497 g/mol. The molecule has 1 aromatic heterocycles. The van der Waals surface area contributed by atoms with E-state index in [1.165, 1.54) is 31.2 Å². The number of aryl methyl sites for hydroxylation is 2. The normalized spacial score (nSPS) is 25.7. The van der Waals surface area contributed by atoms with Gasteiger partial charge in [0.1, 0.15) is 11.9 Å². The van der Waals surface area contributed by atoms with Crippen LogP contribution in [0.15, 0.2) is 12.1 Å². The van der Waals surface area contributed by atoms with Crippen LogP contribution in [0.5, 0.6) is 0 Å². The van der Waals surface area contributed by atoms with Crippen LogP contribution >= 0.6 is 0 Å². The molecule has 3 fully saturated rings. The lowest BCUT2D eigenvalue weighted by Gasteiger charge is -2.33. The average Bonchev–Trinajstić information content (AvgIpc) is 3.51. The quantitative estimate of drug-likeness (QED) is 0.432. The maximum atomic E-state index is 13.0. The molecule has 1 aromatic rings. The first kappa shape index (κ1) is 25.5. The Balaban J connectivity index is 1.05. The molecule has 8 nitrogen and oxygen atoms in total. The summed E-state index contributed by atoms with van der Waals surface area (Å²) in [5.41, 5.74) is 2.49. The van der Waals surface area contributed by atoms with Crippen molar-refractivity contribution in [3.05, 3.63) is 23.4 Å². The van der Waals surface area contributed by atoms with E-state index in [0.29, 0.717) is 18.9 Å². The number of fused-ring (bicyclic) bond motifs is 1. The van der Waals surface area contributed by atoms with Gasteiger partial charge in [-0.15, -0.1) is 0 Å². The van der Waals surface area contributed by atoms with Gasteiger partial charge in [0.2, 0.25) is 5.91 Å². The SMILES string of the molecule is O=C(O)C(CCN1CCC(CCc2ccc3c(n2)NCCC3)C1)NC(=O)C1CCCN1CC1CCC1. The number of aliphatic carboxylic acids is 1. The van der Waals surface area contributed by atoms with Crippen molar-refractivity contribution in [2.75, 3.05) is 44.6 Å². The summed E-state index contributed by atoms with van der Waals surface area (Å²) in [6.45, 7) is 5.67. The minimum atomic E-state index is -0.922. The van der Waals surface area contributed by atoms with Gasteiger partial charge in [-0.05, 0) is 101 Å². The number of pyridine rings is 1. The van der Waals surface area contributed by atoms with Crippen LogP contribution in [0.3, 0.4) is 0 Å². The molecule has 198 valence electrons. The van der Waals surface area contributed by atoms with E-state index in [9.17, 15) is 14.7 Å². The molecule has 0 spiro atoms. The molecule has 4 aliphatic rings. The number of aromatic nitrogens is 1. The number of carbonyl (C=O) groups is 2. The number of rotatable bonds is 11. The van der Waals surface area contributed by atoms with Crippen molar-refractivity contribution in [3.8, 4) is 0 Å². The van der Waals surface area contributed by atoms with Crippen LogP contribution in [-0.4, -0.2) is 83.1 Å². The number of carbonyl (C=O) groups excluding carboxylic acids is 1. The largest absolute Gasteiger partial charge is 0.480 e. The van der Waals surface area contributed by atoms with E-state index in [2.05, 4.69) is 32.6 Å². The van der Waals surface area contributed by atoms with Crippen LogP contribution in [0.25, 0.3) is 0 Å². The summed E-state index contributed by atoms with van der Waals surface area (Å²) in [4.78, 5) is 34.4. The number of carboxylic acids is 1. The van der Waals surface area contributed by atoms with E-state index in [-0.39, 0.29) is 11.9 Å². The first-order valence-electron chi connectivity index (χ1n) is 14.3. The zero-order chi connectivity index (χ0) is 24.9. The second-order valence-corrected chi connectivity index (χ2v) is 11.5. The molecule has 1 amide bonds. The third kappa shape index (κ3) is 6.38. The lowest BCUT2D eigenvalue weighted by molar-refractivity contribution is -0.142. The number of amides is 1. The molecule has 3 N–H and O–H groups in total. The van der Waals surface area contributed by atoms with E-state index in [4.69, 9.17) is 4.98 Å². The van der Waals surface area contributed by atoms with Gasteiger partial charge < -0.3 is 20.6 Å². The summed E-state index contributed by atoms with van der Waals surface area (Å²) in [6, 6.07) is 3.44. The van der Waals surface area contributed by atoms with Gasteiger partial charge >= 0.3 is 5.97 Å². The molecule has 4 heterocycles. The zero-order valence-corrected chi connectivity index (χ0v) is 21.6. The molecule has 36 heavy (non-hydrogen) atoms. The van der Waals surface area contributed by atoms with Crippen molar-refractivity contribution >= 4 is 17.7 Å². The molecular weight excluding hydrogens is 454 g/mol. The van der Waals surface area contributed by atoms with E-state index in [0.717, 1.165) is 88.7 Å². The molecule has 5 rings (SSSR count). The predicted molar refractivity (Wildman–Crippen MR) is 140 cm³/mol. The molecule has 3 atom stereocenters. The highest BCUT2D eigenvalue weighted by Crippen LogP contribution is 2.30. The first-order chi connectivity index (χ1) is 17.5. The van der Waals surface area contributed by atoms with Gasteiger partial charge in [0.15, 0.2) is 0 Å². The van der Waals surface area contributed by atoms with Crippen molar-refractivity contribution in [1.29, 1.82) is 0 Å². The molecule has 2 saturated heterocycles. The molecule has 0 bridgehead atoms. The number of carboxylic acid groups (broad SMARTS) is 1. The second kappa shape index (κ2) is 11.9. The van der Waals surface area contributed by atoms with Crippen LogP contribution < -0.4 is 10.6 Å². The van der Waals surface area contributed by atoms with Gasteiger partial charge in [0.25, 0.3) is 0 Å². The topological polar surface area (TPSA) is 97.8 Å². The Morgan fingerprint density at radius 2 is 2.00 bits per heavy atom. The standard InChI is InChI=1S/C28H43N5O3/c34-27(25-7-3-15-33(25)19-20-4-1-5-20)31-24(28(35)36)13-17-32-16-12-21(18-32)8-10-23-11-9-22-6-2-14-29-26(22)30-23/h9,11,20-21,24-25H,1-8,10,12-19H2,(H,29,30)(H,31,34)(H,35,36). The van der Waals surface area contributed by atoms with E-state index >= 15 is 0 Å². The third-order valence-corrected chi connectivity index (χ3v) is 8.86. The average molecular weight is 498 g/mol. The van der Waals surface area contributed by atoms with Crippen LogP contribution in [-0.2, 0) is 22.4 Å². The molecular formula is C28H43N5O3. The van der Waals surface area contributed by atoms with Gasteiger partial charge in [-0.25, -0.2) is 9.78 Å². The number of likely N-dealkylation sites (tertiary alicyclic amines) is 2. The van der Waals surface area contributed by atoms with Gasteiger partial charge in [-0.2, -0.15) is 0 Å². The highest BCUT2D eigenvalue weighted by Gasteiger charge is 2.35. The predicted octanol–water partition coefficient (Wildman–Crippen LogP) is 2.92. The Labute approximate surface area is 215 Å². The molecule has 3 unspecified atom stereocenters. The van der Waals surface area contributed by atoms with Crippen molar-refractivity contribution in [1.82, 2.24) is 20.1 Å². The van der Waals surface area contributed by atoms with Crippen LogP contribution in [0.1, 0.15) is 69.0 Å². The summed E-state index contributed by atoms with van der Waals surface area (Å²) >= 11 is 0. The highest BCUT2D eigenvalue weighted by atomic mass is 16.4. The Morgan fingerprint density at radius 1 is 1.11 bits per heavy atom. The Bertz CT molecular complexity index is 920. The number of nitrogens with zero attached hydrogens (tertiary/aromatic N) is 3. The number of nitrogens with one attached hydrogen (secondary N) is 2. The van der Waals surface area contributed by atoms with E-state index in [1.807, 2.05) is 0 Å². The minimum Gasteiger partial charge on any atom is -0.480 e. The number of hydrogen-bond acceptors (Lipinski definition) is 6. The summed E-state index contributed by atoms with van der Waals surface area (Å²) in [5, 5.41) is 16.1. The maximum Gasteiger partial charge on any atom is 0.326 e. The van der Waals surface area contributed by atoms with Crippen LogP contribution in [0.4, 0.5) is 5.82 Å². The molecule has 1 saturated carbocycles. The Kier molecular flexibility index (Phi) is 8.42. The van der Waals surface area contributed by atoms with E-state index in [1.54, 1.807) is 0 Å². The molecule has 8 heteroatoms. The van der Waals surface area contributed by atoms with Gasteiger partial charge in [-0.3, -0.25) is 9.69 Å². The number of anilines is 1. The van der Waals surface area contributed by atoms with Crippen LogP contribution in [0.2, 0.25) is 0 Å². The second-order valence-electron chi connectivity index (χ2n) is 11.5. The zero-order valence-electron chi connectivity index (χ0n) is 21.6.